The molecule has 0 fully saturated rings. The van der Waals surface area contributed by atoms with Crippen LogP contribution in [0.5, 0.6) is 0 Å². The first-order valence-corrected chi connectivity index (χ1v) is 5.57. The summed E-state index contributed by atoms with van der Waals surface area (Å²) in [6.45, 7) is 3.29. The van der Waals surface area contributed by atoms with Crippen molar-refractivity contribution in [3.05, 3.63) is 32.6 Å². The van der Waals surface area contributed by atoms with E-state index in [4.69, 9.17) is 5.11 Å². The molecule has 0 saturated heterocycles. The summed E-state index contributed by atoms with van der Waals surface area (Å²) in [6.07, 6.45) is 1.13. The van der Waals surface area contributed by atoms with E-state index in [0.717, 1.165) is 6.20 Å². The van der Waals surface area contributed by atoms with Gasteiger partial charge in [-0.25, -0.2) is 4.79 Å². The molecule has 0 unspecified atom stereocenters. The molecule has 0 bridgehead atoms. The van der Waals surface area contributed by atoms with Crippen LogP contribution in [-0.4, -0.2) is 32.5 Å². The quantitative estimate of drug-likeness (QED) is 0.568. The van der Waals surface area contributed by atoms with Gasteiger partial charge in [0.2, 0.25) is 0 Å². The highest BCUT2D eigenvalue weighted by Crippen LogP contribution is 2.11. The molecule has 8 heteroatoms. The monoisotopic (exact) mass is 269 g/mol. The van der Waals surface area contributed by atoms with E-state index in [2.05, 4.69) is 10.3 Å². The SMILES string of the molecule is CC(C)(CCC(=O)O)NC(=O)c1c[nH]c(=O)[nH]c1=O. The molecule has 8 nitrogen and oxygen atoms in total. The average molecular weight is 269 g/mol. The second kappa shape index (κ2) is 5.51. The first-order valence-electron chi connectivity index (χ1n) is 5.57. The van der Waals surface area contributed by atoms with Crippen molar-refractivity contribution in [3.63, 3.8) is 0 Å². The Bertz CT molecular complexity index is 599. The largest absolute Gasteiger partial charge is 0.481 e. The normalized spacial score (nSPS) is 11.1. The maximum absolute atomic E-state index is 11.8. The molecule has 1 aromatic rings. The lowest BCUT2D eigenvalue weighted by Crippen LogP contribution is -2.45. The summed E-state index contributed by atoms with van der Waals surface area (Å²) in [6, 6.07) is 0. The van der Waals surface area contributed by atoms with Crippen LogP contribution < -0.4 is 16.6 Å². The molecule has 0 atom stereocenters. The third-order valence-corrected chi connectivity index (χ3v) is 2.48. The molecule has 1 amide bonds. The van der Waals surface area contributed by atoms with Gasteiger partial charge in [-0.1, -0.05) is 0 Å². The van der Waals surface area contributed by atoms with Gasteiger partial charge in [0.1, 0.15) is 5.56 Å². The highest BCUT2D eigenvalue weighted by atomic mass is 16.4. The summed E-state index contributed by atoms with van der Waals surface area (Å²) < 4.78 is 0. The number of carbonyl (C=O) groups excluding carboxylic acids is 1. The first kappa shape index (κ1) is 14.7. The number of aliphatic carboxylic acids is 1. The molecular formula is C11H15N3O5. The molecule has 104 valence electrons. The molecule has 0 spiro atoms. The topological polar surface area (TPSA) is 132 Å². The van der Waals surface area contributed by atoms with Gasteiger partial charge in [0.25, 0.3) is 11.5 Å². The first-order chi connectivity index (χ1) is 8.71. The van der Waals surface area contributed by atoms with Crippen LogP contribution in [0.3, 0.4) is 0 Å². The summed E-state index contributed by atoms with van der Waals surface area (Å²) in [4.78, 5) is 48.7. The molecule has 1 rings (SSSR count). The third kappa shape index (κ3) is 4.41. The Kier molecular flexibility index (Phi) is 4.26. The molecule has 1 aromatic heterocycles. The Hall–Kier alpha value is -2.38. The van der Waals surface area contributed by atoms with Crippen molar-refractivity contribution in [1.82, 2.24) is 15.3 Å². The Labute approximate surface area is 107 Å². The van der Waals surface area contributed by atoms with E-state index in [0.29, 0.717) is 0 Å². The zero-order valence-electron chi connectivity index (χ0n) is 10.6. The van der Waals surface area contributed by atoms with E-state index >= 15 is 0 Å². The minimum absolute atomic E-state index is 0.102. The summed E-state index contributed by atoms with van der Waals surface area (Å²) >= 11 is 0. The number of H-pyrrole nitrogens is 2. The van der Waals surface area contributed by atoms with E-state index in [1.54, 1.807) is 13.8 Å². The van der Waals surface area contributed by atoms with Gasteiger partial charge in [0.15, 0.2) is 0 Å². The van der Waals surface area contributed by atoms with Crippen molar-refractivity contribution >= 4 is 11.9 Å². The average Bonchev–Trinajstić information content (AvgIpc) is 2.25. The Balaban J connectivity index is 2.81. The molecule has 4 N–H and O–H groups in total. The summed E-state index contributed by atoms with van der Waals surface area (Å²) in [5.41, 5.74) is -2.51. The fraction of sp³-hybridized carbons (Fsp3) is 0.455. The molecule has 0 aliphatic heterocycles. The van der Waals surface area contributed by atoms with E-state index in [-0.39, 0.29) is 18.4 Å². The van der Waals surface area contributed by atoms with Crippen molar-refractivity contribution in [2.45, 2.75) is 32.2 Å². The lowest BCUT2D eigenvalue weighted by molar-refractivity contribution is -0.137. The lowest BCUT2D eigenvalue weighted by Gasteiger charge is -2.25. The van der Waals surface area contributed by atoms with Gasteiger partial charge in [0, 0.05) is 18.2 Å². The number of carbonyl (C=O) groups is 2. The maximum atomic E-state index is 11.8. The van der Waals surface area contributed by atoms with Crippen molar-refractivity contribution in [2.75, 3.05) is 0 Å². The van der Waals surface area contributed by atoms with Gasteiger partial charge in [-0.15, -0.1) is 0 Å². The Morgan fingerprint density at radius 2 is 2.00 bits per heavy atom. The van der Waals surface area contributed by atoms with Crippen LogP contribution in [0, 0.1) is 0 Å². The minimum Gasteiger partial charge on any atom is -0.481 e. The van der Waals surface area contributed by atoms with E-state index in [9.17, 15) is 19.2 Å². The van der Waals surface area contributed by atoms with Crippen LogP contribution in [0.2, 0.25) is 0 Å². The Morgan fingerprint density at radius 3 is 2.53 bits per heavy atom. The molecule has 0 aliphatic rings. The van der Waals surface area contributed by atoms with Gasteiger partial charge >= 0.3 is 11.7 Å². The molecule has 0 aliphatic carbocycles. The van der Waals surface area contributed by atoms with Crippen molar-refractivity contribution in [1.29, 1.82) is 0 Å². The minimum atomic E-state index is -0.968. The lowest BCUT2D eigenvalue weighted by atomic mass is 9.98. The van der Waals surface area contributed by atoms with Crippen LogP contribution in [0.25, 0.3) is 0 Å². The number of nitrogens with one attached hydrogen (secondary N) is 3. The molecule has 0 saturated carbocycles. The predicted molar refractivity (Wildman–Crippen MR) is 66.1 cm³/mol. The van der Waals surface area contributed by atoms with Crippen molar-refractivity contribution in [2.24, 2.45) is 0 Å². The highest BCUT2D eigenvalue weighted by molar-refractivity contribution is 5.93. The van der Waals surface area contributed by atoms with Gasteiger partial charge in [-0.2, -0.15) is 0 Å². The zero-order valence-corrected chi connectivity index (χ0v) is 10.6. The van der Waals surface area contributed by atoms with Crippen LogP contribution in [0.4, 0.5) is 0 Å². The predicted octanol–water partition coefficient (Wildman–Crippen LogP) is -0.564. The maximum Gasteiger partial charge on any atom is 0.325 e. The van der Waals surface area contributed by atoms with Crippen molar-refractivity contribution < 1.29 is 14.7 Å². The second-order valence-corrected chi connectivity index (χ2v) is 4.72. The summed E-state index contributed by atoms with van der Waals surface area (Å²) in [5.74, 6) is -1.64. The van der Waals surface area contributed by atoms with E-state index in [1.165, 1.54) is 0 Å². The fourth-order valence-electron chi connectivity index (χ4n) is 1.44. The summed E-state index contributed by atoms with van der Waals surface area (Å²) in [5, 5.41) is 11.1. The molecule has 1 heterocycles. The van der Waals surface area contributed by atoms with E-state index in [1.807, 2.05) is 4.98 Å². The third-order valence-electron chi connectivity index (χ3n) is 2.48. The van der Waals surface area contributed by atoms with Crippen molar-refractivity contribution in [3.8, 4) is 0 Å². The number of amides is 1. The van der Waals surface area contributed by atoms with Gasteiger partial charge in [0.05, 0.1) is 0 Å². The van der Waals surface area contributed by atoms with Gasteiger partial charge in [-0.3, -0.25) is 19.4 Å². The molecule has 0 radical (unpaired) electrons. The fourth-order valence-corrected chi connectivity index (χ4v) is 1.44. The number of aromatic amines is 2. The number of aromatic nitrogens is 2. The number of rotatable bonds is 5. The number of hydrogen-bond acceptors (Lipinski definition) is 4. The number of hydrogen-bond donors (Lipinski definition) is 4. The van der Waals surface area contributed by atoms with Crippen LogP contribution in [0.1, 0.15) is 37.0 Å². The second-order valence-electron chi connectivity index (χ2n) is 4.72. The zero-order chi connectivity index (χ0) is 14.6. The standard InChI is InChI=1S/C11H15N3O5/c1-11(2,4-3-7(15)16)14-9(18)6-5-12-10(19)13-8(6)17/h5H,3-4H2,1-2H3,(H,14,18)(H,15,16)(H2,12,13,17,19). The van der Waals surface area contributed by atoms with Crippen LogP contribution in [0.15, 0.2) is 15.8 Å². The Morgan fingerprint density at radius 1 is 1.37 bits per heavy atom. The van der Waals surface area contributed by atoms with E-state index < -0.39 is 28.7 Å². The molecule has 0 aromatic carbocycles. The number of carboxylic acid groups (broad SMARTS) is 1. The molecule has 19 heavy (non-hydrogen) atoms. The summed E-state index contributed by atoms with van der Waals surface area (Å²) in [7, 11) is 0. The van der Waals surface area contributed by atoms with Gasteiger partial charge in [-0.05, 0) is 20.3 Å². The smallest absolute Gasteiger partial charge is 0.325 e. The number of carboxylic acids is 1. The molecular weight excluding hydrogens is 254 g/mol. The van der Waals surface area contributed by atoms with Gasteiger partial charge < -0.3 is 15.4 Å². The van der Waals surface area contributed by atoms with Crippen LogP contribution in [-0.2, 0) is 4.79 Å². The van der Waals surface area contributed by atoms with Crippen LogP contribution >= 0.6 is 0 Å². The highest BCUT2D eigenvalue weighted by Gasteiger charge is 2.23.